The van der Waals surface area contributed by atoms with Crippen molar-refractivity contribution in [1.82, 2.24) is 0 Å². The van der Waals surface area contributed by atoms with Crippen molar-refractivity contribution < 1.29 is 9.53 Å². The number of esters is 1. The maximum absolute atomic E-state index is 12.4. The zero-order valence-corrected chi connectivity index (χ0v) is 13.8. The van der Waals surface area contributed by atoms with Crippen LogP contribution >= 0.6 is 0 Å². The van der Waals surface area contributed by atoms with Gasteiger partial charge in [-0.1, -0.05) is 51.5 Å². The quantitative estimate of drug-likeness (QED) is 0.744. The minimum atomic E-state index is -0.593. The van der Waals surface area contributed by atoms with Crippen LogP contribution in [0.3, 0.4) is 0 Å². The normalized spacial score (nSPS) is 14.0. The molecule has 0 amide bonds. The monoisotopic (exact) mass is 291 g/mol. The summed E-state index contributed by atoms with van der Waals surface area (Å²) in [6.07, 6.45) is 2.32. The van der Waals surface area contributed by atoms with E-state index in [1.54, 1.807) is 0 Å². The lowest BCUT2D eigenvalue weighted by Gasteiger charge is -2.30. The first-order chi connectivity index (χ1) is 9.99. The molecule has 0 spiro atoms. The van der Waals surface area contributed by atoms with Gasteiger partial charge in [0.2, 0.25) is 0 Å². The van der Waals surface area contributed by atoms with Gasteiger partial charge in [0, 0.05) is 6.54 Å². The summed E-state index contributed by atoms with van der Waals surface area (Å²) < 4.78 is 5.27. The van der Waals surface area contributed by atoms with Crippen LogP contribution in [0.25, 0.3) is 0 Å². The minimum absolute atomic E-state index is 0.165. The predicted molar refractivity (Wildman–Crippen MR) is 87.3 cm³/mol. The maximum Gasteiger partial charge on any atom is 0.313 e. The van der Waals surface area contributed by atoms with E-state index in [9.17, 15) is 4.79 Å². The Labute approximate surface area is 128 Å². The van der Waals surface area contributed by atoms with Gasteiger partial charge in [-0.25, -0.2) is 0 Å². The fourth-order valence-electron chi connectivity index (χ4n) is 2.69. The maximum atomic E-state index is 12.4. The summed E-state index contributed by atoms with van der Waals surface area (Å²) in [6, 6.07) is 8.49. The Balaban J connectivity index is 2.97. The van der Waals surface area contributed by atoms with Crippen molar-refractivity contribution in [2.75, 3.05) is 13.2 Å². The van der Waals surface area contributed by atoms with Crippen molar-refractivity contribution in [3.05, 3.63) is 35.4 Å². The first-order valence-electron chi connectivity index (χ1n) is 7.95. The molecule has 0 fully saturated rings. The molecule has 21 heavy (non-hydrogen) atoms. The van der Waals surface area contributed by atoms with Crippen molar-refractivity contribution >= 4 is 5.97 Å². The van der Waals surface area contributed by atoms with E-state index >= 15 is 0 Å². The van der Waals surface area contributed by atoms with Gasteiger partial charge in [-0.2, -0.15) is 0 Å². The Morgan fingerprint density at radius 3 is 2.29 bits per heavy atom. The lowest BCUT2D eigenvalue weighted by molar-refractivity contribution is -0.155. The Kier molecular flexibility index (Phi) is 6.90. The molecule has 0 saturated carbocycles. The molecule has 118 valence electrons. The van der Waals surface area contributed by atoms with E-state index in [0.29, 0.717) is 25.5 Å². The van der Waals surface area contributed by atoms with Gasteiger partial charge in [-0.3, -0.25) is 4.79 Å². The predicted octanol–water partition coefficient (Wildman–Crippen LogP) is 3.66. The second-order valence-electron chi connectivity index (χ2n) is 6.03. The number of benzene rings is 1. The van der Waals surface area contributed by atoms with Crippen LogP contribution in [0.4, 0.5) is 0 Å². The third kappa shape index (κ3) is 4.57. The lowest BCUT2D eigenvalue weighted by Crippen LogP contribution is -2.42. The Hall–Kier alpha value is -1.35. The summed E-state index contributed by atoms with van der Waals surface area (Å²) in [6.45, 7) is 8.99. The number of ether oxygens (including phenoxy) is 1. The number of rotatable bonds is 8. The summed E-state index contributed by atoms with van der Waals surface area (Å²) >= 11 is 0. The largest absolute Gasteiger partial charge is 0.466 e. The first kappa shape index (κ1) is 17.7. The second-order valence-corrected chi connectivity index (χ2v) is 6.03. The number of carbonyl (C=O) groups excluding carboxylic acids is 1. The molecule has 1 aromatic carbocycles. The van der Waals surface area contributed by atoms with Crippen LogP contribution in [-0.2, 0) is 16.0 Å². The highest BCUT2D eigenvalue weighted by molar-refractivity contribution is 5.77. The number of carbonyl (C=O) groups is 1. The van der Waals surface area contributed by atoms with Gasteiger partial charge in [-0.05, 0) is 36.8 Å². The third-order valence-corrected chi connectivity index (χ3v) is 4.02. The van der Waals surface area contributed by atoms with Crippen LogP contribution in [-0.4, -0.2) is 19.1 Å². The van der Waals surface area contributed by atoms with Gasteiger partial charge in [0.1, 0.15) is 0 Å². The van der Waals surface area contributed by atoms with E-state index in [1.165, 1.54) is 5.56 Å². The topological polar surface area (TPSA) is 52.3 Å². The van der Waals surface area contributed by atoms with Gasteiger partial charge in [0.05, 0.1) is 12.0 Å². The molecule has 1 aromatic rings. The molecular formula is C18H29NO2. The average molecular weight is 291 g/mol. The molecule has 0 aromatic heterocycles. The molecule has 0 radical (unpaired) electrons. The molecule has 0 saturated heterocycles. The van der Waals surface area contributed by atoms with E-state index < -0.39 is 5.41 Å². The summed E-state index contributed by atoms with van der Waals surface area (Å²) in [4.78, 5) is 12.4. The van der Waals surface area contributed by atoms with Gasteiger partial charge < -0.3 is 10.5 Å². The van der Waals surface area contributed by atoms with Crippen LogP contribution in [0, 0.1) is 5.41 Å². The number of hydrogen-bond acceptors (Lipinski definition) is 3. The zero-order valence-electron chi connectivity index (χ0n) is 13.8. The van der Waals surface area contributed by atoms with Crippen molar-refractivity contribution in [1.29, 1.82) is 0 Å². The summed E-state index contributed by atoms with van der Waals surface area (Å²) in [5, 5.41) is 0. The van der Waals surface area contributed by atoms with Crippen molar-refractivity contribution in [3.8, 4) is 0 Å². The van der Waals surface area contributed by atoms with Crippen molar-refractivity contribution in [2.24, 2.45) is 11.1 Å². The molecule has 0 aliphatic rings. The molecule has 0 aliphatic heterocycles. The highest BCUT2D eigenvalue weighted by Gasteiger charge is 2.37. The van der Waals surface area contributed by atoms with Crippen LogP contribution in [0.15, 0.2) is 24.3 Å². The third-order valence-electron chi connectivity index (χ3n) is 4.02. The number of hydrogen-bond donors (Lipinski definition) is 1. The van der Waals surface area contributed by atoms with Gasteiger partial charge in [-0.15, -0.1) is 0 Å². The molecule has 1 atom stereocenters. The van der Waals surface area contributed by atoms with Gasteiger partial charge in [0.25, 0.3) is 0 Å². The number of nitrogens with two attached hydrogens (primary N) is 1. The molecule has 0 heterocycles. The average Bonchev–Trinajstić information content (AvgIpc) is 2.47. The van der Waals surface area contributed by atoms with Crippen molar-refractivity contribution in [3.63, 3.8) is 0 Å². The van der Waals surface area contributed by atoms with E-state index in [-0.39, 0.29) is 5.97 Å². The molecule has 2 N–H and O–H groups in total. The Morgan fingerprint density at radius 1 is 1.24 bits per heavy atom. The van der Waals surface area contributed by atoms with E-state index in [1.807, 2.05) is 6.92 Å². The highest BCUT2D eigenvalue weighted by Crippen LogP contribution is 2.30. The fraction of sp³-hybridized carbons (Fsp3) is 0.611. The summed E-state index contributed by atoms with van der Waals surface area (Å²) in [5.74, 6) is 0.348. The molecule has 3 nitrogen and oxygen atoms in total. The molecular weight excluding hydrogens is 262 g/mol. The lowest BCUT2D eigenvalue weighted by atomic mass is 9.77. The van der Waals surface area contributed by atoms with E-state index in [4.69, 9.17) is 10.5 Å². The Bertz CT molecular complexity index is 439. The molecule has 1 unspecified atom stereocenters. The minimum Gasteiger partial charge on any atom is -0.466 e. The fourth-order valence-corrected chi connectivity index (χ4v) is 2.69. The smallest absolute Gasteiger partial charge is 0.313 e. The summed E-state index contributed by atoms with van der Waals surface area (Å²) in [7, 11) is 0. The SMILES string of the molecule is CCCC(CN)(Cc1ccc(C(C)C)cc1)C(=O)OCC. The van der Waals surface area contributed by atoms with Gasteiger partial charge in [0.15, 0.2) is 0 Å². The molecule has 3 heteroatoms. The van der Waals surface area contributed by atoms with E-state index in [0.717, 1.165) is 18.4 Å². The van der Waals surface area contributed by atoms with Crippen LogP contribution < -0.4 is 5.73 Å². The standard InChI is InChI=1S/C18H29NO2/c1-5-11-18(13-19,17(20)21-6-2)12-15-7-9-16(10-8-15)14(3)4/h7-10,14H,5-6,11-13,19H2,1-4H3. The Morgan fingerprint density at radius 2 is 1.86 bits per heavy atom. The molecule has 0 aliphatic carbocycles. The zero-order chi connectivity index (χ0) is 15.9. The van der Waals surface area contributed by atoms with Crippen molar-refractivity contribution in [2.45, 2.75) is 52.9 Å². The second kappa shape index (κ2) is 8.18. The molecule has 0 bridgehead atoms. The van der Waals surface area contributed by atoms with E-state index in [2.05, 4.69) is 45.0 Å². The molecule has 1 rings (SSSR count). The van der Waals surface area contributed by atoms with Crippen LogP contribution in [0.2, 0.25) is 0 Å². The van der Waals surface area contributed by atoms with Crippen LogP contribution in [0.1, 0.15) is 57.6 Å². The van der Waals surface area contributed by atoms with Gasteiger partial charge >= 0.3 is 5.97 Å². The summed E-state index contributed by atoms with van der Waals surface area (Å²) in [5.41, 5.74) is 7.81. The highest BCUT2D eigenvalue weighted by atomic mass is 16.5. The first-order valence-corrected chi connectivity index (χ1v) is 7.95. The van der Waals surface area contributed by atoms with Crippen LogP contribution in [0.5, 0.6) is 0 Å².